The summed E-state index contributed by atoms with van der Waals surface area (Å²) in [6, 6.07) is 61.3. The smallest absolute Gasteiger partial charge is 0.161 e. The van der Waals surface area contributed by atoms with Gasteiger partial charge in [-0.3, -0.25) is 0 Å². The fourth-order valence-corrected chi connectivity index (χ4v) is 7.27. The van der Waals surface area contributed by atoms with Crippen molar-refractivity contribution in [2.24, 2.45) is 0 Å². The average molecular weight is 640 g/mol. The Morgan fingerprint density at radius 2 is 1.00 bits per heavy atom. The molecule has 7 aromatic carbocycles. The molecule has 0 saturated heterocycles. The van der Waals surface area contributed by atoms with E-state index in [1.165, 1.54) is 5.56 Å². The second-order valence-corrected chi connectivity index (χ2v) is 12.6. The van der Waals surface area contributed by atoms with Crippen LogP contribution in [0.15, 0.2) is 180 Å². The lowest BCUT2D eigenvalue weighted by atomic mass is 10.0. The van der Waals surface area contributed by atoms with E-state index in [1.54, 1.807) is 0 Å². The molecule has 0 aliphatic rings. The molecule has 0 fully saturated rings. The van der Waals surface area contributed by atoms with Crippen molar-refractivity contribution in [1.29, 1.82) is 0 Å². The van der Waals surface area contributed by atoms with Crippen LogP contribution >= 0.6 is 0 Å². The van der Waals surface area contributed by atoms with Gasteiger partial charge in [-0.25, -0.2) is 9.97 Å². The molecule has 0 atom stereocenters. The zero-order valence-electron chi connectivity index (χ0n) is 27.0. The summed E-state index contributed by atoms with van der Waals surface area (Å²) in [6.45, 7) is 0. The number of para-hydroxylation sites is 3. The predicted octanol–water partition coefficient (Wildman–Crippen LogP) is 12.1. The van der Waals surface area contributed by atoms with E-state index >= 15 is 0 Å². The molecule has 0 N–H and O–H groups in total. The first-order chi connectivity index (χ1) is 24.8. The normalized spacial score (nSPS) is 11.6. The van der Waals surface area contributed by atoms with Gasteiger partial charge in [0.15, 0.2) is 5.82 Å². The van der Waals surface area contributed by atoms with Crippen LogP contribution in [0.5, 0.6) is 0 Å². The molecule has 0 bridgehead atoms. The van der Waals surface area contributed by atoms with Gasteiger partial charge in [0.2, 0.25) is 0 Å². The summed E-state index contributed by atoms with van der Waals surface area (Å²) in [5.74, 6) is 0.677. The van der Waals surface area contributed by atoms with Gasteiger partial charge in [-0.15, -0.1) is 0 Å². The number of fused-ring (bicyclic) bond motifs is 6. The van der Waals surface area contributed by atoms with Crippen LogP contribution in [0.25, 0.3) is 94.5 Å². The van der Waals surface area contributed by atoms with Crippen molar-refractivity contribution in [2.75, 3.05) is 0 Å². The second kappa shape index (κ2) is 11.4. The van der Waals surface area contributed by atoms with Crippen molar-refractivity contribution in [2.45, 2.75) is 0 Å². The number of rotatable bonds is 5. The first-order valence-corrected chi connectivity index (χ1v) is 16.8. The van der Waals surface area contributed by atoms with Crippen LogP contribution in [0.1, 0.15) is 0 Å². The Labute approximate surface area is 288 Å². The molecule has 50 heavy (non-hydrogen) atoms. The third-order valence-electron chi connectivity index (χ3n) is 9.64. The molecule has 4 nitrogen and oxygen atoms in total. The van der Waals surface area contributed by atoms with Gasteiger partial charge in [0.05, 0.1) is 22.4 Å². The van der Waals surface area contributed by atoms with E-state index in [2.05, 4.69) is 156 Å². The van der Waals surface area contributed by atoms with Crippen LogP contribution in [-0.4, -0.2) is 14.5 Å². The number of nitrogens with zero attached hydrogens (tertiary/aromatic N) is 3. The van der Waals surface area contributed by atoms with Gasteiger partial charge >= 0.3 is 0 Å². The van der Waals surface area contributed by atoms with Gasteiger partial charge in [0.25, 0.3) is 0 Å². The van der Waals surface area contributed by atoms with Gasteiger partial charge in [0.1, 0.15) is 11.2 Å². The Hall–Kier alpha value is -6.78. The molecule has 10 rings (SSSR count). The monoisotopic (exact) mass is 639 g/mol. The highest BCUT2D eigenvalue weighted by Gasteiger charge is 2.19. The molecule has 0 unspecified atom stereocenters. The summed E-state index contributed by atoms with van der Waals surface area (Å²) < 4.78 is 8.63. The second-order valence-electron chi connectivity index (χ2n) is 12.6. The fourth-order valence-electron chi connectivity index (χ4n) is 7.27. The van der Waals surface area contributed by atoms with E-state index in [4.69, 9.17) is 14.4 Å². The molecule has 0 aliphatic carbocycles. The molecule has 0 amide bonds. The highest BCUT2D eigenvalue weighted by atomic mass is 16.3. The van der Waals surface area contributed by atoms with Crippen molar-refractivity contribution in [3.63, 3.8) is 0 Å². The molecule has 234 valence electrons. The van der Waals surface area contributed by atoms with Crippen molar-refractivity contribution in [3.8, 4) is 50.7 Å². The summed E-state index contributed by atoms with van der Waals surface area (Å²) >= 11 is 0. The van der Waals surface area contributed by atoms with Gasteiger partial charge in [0, 0.05) is 43.9 Å². The minimum Gasteiger partial charge on any atom is -0.456 e. The number of benzene rings is 7. The molecule has 10 aromatic rings. The quantitative estimate of drug-likeness (QED) is 0.188. The highest BCUT2D eigenvalue weighted by Crippen LogP contribution is 2.39. The number of aromatic nitrogens is 3. The summed E-state index contributed by atoms with van der Waals surface area (Å²) in [6.07, 6.45) is 0. The van der Waals surface area contributed by atoms with E-state index in [-0.39, 0.29) is 0 Å². The Balaban J connectivity index is 1.20. The Bertz CT molecular complexity index is 2850. The Morgan fingerprint density at radius 1 is 0.400 bits per heavy atom. The topological polar surface area (TPSA) is 43.9 Å². The van der Waals surface area contributed by atoms with Crippen LogP contribution in [-0.2, 0) is 0 Å². The van der Waals surface area contributed by atoms with Crippen LogP contribution < -0.4 is 0 Å². The van der Waals surface area contributed by atoms with Gasteiger partial charge in [-0.1, -0.05) is 127 Å². The third-order valence-corrected chi connectivity index (χ3v) is 9.64. The molecule has 3 heterocycles. The van der Waals surface area contributed by atoms with Crippen molar-refractivity contribution in [3.05, 3.63) is 176 Å². The minimum atomic E-state index is 0.677. The first kappa shape index (κ1) is 28.3. The van der Waals surface area contributed by atoms with E-state index in [0.717, 1.165) is 83.1 Å². The Morgan fingerprint density at radius 3 is 1.82 bits per heavy atom. The van der Waals surface area contributed by atoms with Gasteiger partial charge < -0.3 is 8.98 Å². The van der Waals surface area contributed by atoms with Crippen molar-refractivity contribution < 1.29 is 4.42 Å². The van der Waals surface area contributed by atoms with E-state index < -0.39 is 0 Å². The van der Waals surface area contributed by atoms with Crippen molar-refractivity contribution >= 4 is 43.7 Å². The molecular formula is C46H29N3O. The maximum atomic E-state index is 6.30. The van der Waals surface area contributed by atoms with Crippen LogP contribution in [0.4, 0.5) is 0 Å². The summed E-state index contributed by atoms with van der Waals surface area (Å²) in [7, 11) is 0. The van der Waals surface area contributed by atoms with Crippen LogP contribution in [0.3, 0.4) is 0 Å². The lowest BCUT2D eigenvalue weighted by molar-refractivity contribution is 0.669. The maximum Gasteiger partial charge on any atom is 0.161 e. The Kier molecular flexibility index (Phi) is 6.46. The van der Waals surface area contributed by atoms with E-state index in [9.17, 15) is 0 Å². The first-order valence-electron chi connectivity index (χ1n) is 16.8. The third kappa shape index (κ3) is 4.61. The summed E-state index contributed by atoms with van der Waals surface area (Å²) in [5.41, 5.74) is 12.1. The van der Waals surface area contributed by atoms with Crippen LogP contribution in [0.2, 0.25) is 0 Å². The SMILES string of the molecule is c1ccc(-c2ccc(-c3cc(-c4ccc5c(c4)oc4ccccc45)nc(-c4cccc5c4c4ccccc4n5-c4ccccc4)n3)cc2)cc1. The molecular weight excluding hydrogens is 611 g/mol. The molecule has 4 heteroatoms. The maximum absolute atomic E-state index is 6.30. The minimum absolute atomic E-state index is 0.677. The zero-order valence-corrected chi connectivity index (χ0v) is 27.0. The van der Waals surface area contributed by atoms with Gasteiger partial charge in [-0.05, 0) is 59.7 Å². The van der Waals surface area contributed by atoms with Crippen LogP contribution in [0, 0.1) is 0 Å². The van der Waals surface area contributed by atoms with E-state index in [0.29, 0.717) is 5.82 Å². The average Bonchev–Trinajstić information content (AvgIpc) is 3.74. The molecule has 0 spiro atoms. The molecule has 0 saturated carbocycles. The predicted molar refractivity (Wildman–Crippen MR) is 205 cm³/mol. The lowest BCUT2D eigenvalue weighted by Gasteiger charge is -2.12. The van der Waals surface area contributed by atoms with Gasteiger partial charge in [-0.2, -0.15) is 0 Å². The molecule has 0 aliphatic heterocycles. The number of hydrogen-bond acceptors (Lipinski definition) is 3. The fraction of sp³-hybridized carbons (Fsp3) is 0. The summed E-state index contributed by atoms with van der Waals surface area (Å²) in [4.78, 5) is 10.6. The highest BCUT2D eigenvalue weighted by molar-refractivity contribution is 6.15. The van der Waals surface area contributed by atoms with Crippen molar-refractivity contribution in [1.82, 2.24) is 14.5 Å². The lowest BCUT2D eigenvalue weighted by Crippen LogP contribution is -1.97. The summed E-state index contributed by atoms with van der Waals surface area (Å²) in [5, 5.41) is 4.49. The number of hydrogen-bond donors (Lipinski definition) is 0. The molecule has 3 aromatic heterocycles. The standard InChI is InChI=1S/C46H29N3O/c1-3-12-30(13-4-1)31-22-24-32(25-23-31)39-29-40(33-26-27-36-35-16-8-10-21-43(35)50-44(36)28-33)48-46(47-39)38-18-11-20-42-45(38)37-17-7-9-19-41(37)49(42)34-14-5-2-6-15-34/h1-29H. The van der Waals surface area contributed by atoms with E-state index in [1.807, 2.05) is 24.3 Å². The molecule has 0 radical (unpaired) electrons. The zero-order chi connectivity index (χ0) is 33.0. The largest absolute Gasteiger partial charge is 0.456 e. The number of furan rings is 1.